The van der Waals surface area contributed by atoms with E-state index < -0.39 is 0 Å². The number of piperidine rings is 1. The Morgan fingerprint density at radius 3 is 2.95 bits per heavy atom. The zero-order valence-corrected chi connectivity index (χ0v) is 12.6. The molecule has 3 N–H and O–H groups in total. The lowest BCUT2D eigenvalue weighted by Crippen LogP contribution is -2.49. The molecule has 1 fully saturated rings. The maximum Gasteiger partial charge on any atom is 0.238 e. The normalized spacial score (nSPS) is 23.6. The summed E-state index contributed by atoms with van der Waals surface area (Å²) in [7, 11) is 0. The van der Waals surface area contributed by atoms with Crippen molar-refractivity contribution in [2.45, 2.75) is 25.8 Å². The zero-order valence-electron chi connectivity index (χ0n) is 11.8. The Morgan fingerprint density at radius 2 is 2.25 bits per heavy atom. The molecule has 1 aliphatic rings. The Kier molecular flexibility index (Phi) is 5.40. The second kappa shape index (κ2) is 7.07. The highest BCUT2D eigenvalue weighted by molar-refractivity contribution is 6.33. The van der Waals surface area contributed by atoms with Gasteiger partial charge in [-0.05, 0) is 37.4 Å². The van der Waals surface area contributed by atoms with Crippen LogP contribution in [0.25, 0.3) is 0 Å². The van der Waals surface area contributed by atoms with Crippen molar-refractivity contribution in [3.05, 3.63) is 29.3 Å². The summed E-state index contributed by atoms with van der Waals surface area (Å²) < 4.78 is 0. The van der Waals surface area contributed by atoms with Crippen molar-refractivity contribution < 1.29 is 4.79 Å². The fourth-order valence-electron chi connectivity index (χ4n) is 2.69. The number of carbonyl (C=O) groups is 1. The first-order valence-electron chi connectivity index (χ1n) is 7.08. The number of nitrogens with two attached hydrogens (primary N) is 1. The molecule has 0 bridgehead atoms. The van der Waals surface area contributed by atoms with Crippen molar-refractivity contribution in [3.63, 3.8) is 0 Å². The van der Waals surface area contributed by atoms with Crippen molar-refractivity contribution in [2.75, 3.05) is 25.0 Å². The summed E-state index contributed by atoms with van der Waals surface area (Å²) in [5, 5.41) is 3.42. The van der Waals surface area contributed by atoms with Crippen molar-refractivity contribution >= 4 is 23.2 Å². The number of likely N-dealkylation sites (tertiary alicyclic amines) is 1. The highest BCUT2D eigenvalue weighted by atomic mass is 35.5. The first-order valence-corrected chi connectivity index (χ1v) is 7.46. The minimum Gasteiger partial charge on any atom is -0.329 e. The van der Waals surface area contributed by atoms with E-state index in [1.807, 2.05) is 12.1 Å². The summed E-state index contributed by atoms with van der Waals surface area (Å²) in [5.41, 5.74) is 6.47. The molecule has 0 spiro atoms. The molecule has 2 atom stereocenters. The van der Waals surface area contributed by atoms with Gasteiger partial charge in [0.1, 0.15) is 0 Å². The minimum absolute atomic E-state index is 0.0360. The number of para-hydroxylation sites is 1. The van der Waals surface area contributed by atoms with Gasteiger partial charge in [0.15, 0.2) is 0 Å². The van der Waals surface area contributed by atoms with E-state index in [9.17, 15) is 4.79 Å². The van der Waals surface area contributed by atoms with Crippen molar-refractivity contribution in [1.29, 1.82) is 0 Å². The number of hydrogen-bond donors (Lipinski definition) is 2. The zero-order chi connectivity index (χ0) is 14.5. The van der Waals surface area contributed by atoms with Crippen LogP contribution in [0.5, 0.6) is 0 Å². The average Bonchev–Trinajstić information content (AvgIpc) is 2.43. The summed E-state index contributed by atoms with van der Waals surface area (Å²) in [6.45, 7) is 4.15. The van der Waals surface area contributed by atoms with Crippen LogP contribution in [0.3, 0.4) is 0 Å². The van der Waals surface area contributed by atoms with Gasteiger partial charge in [-0.2, -0.15) is 0 Å². The monoisotopic (exact) mass is 295 g/mol. The van der Waals surface area contributed by atoms with Crippen LogP contribution in [-0.4, -0.2) is 36.5 Å². The molecular weight excluding hydrogens is 274 g/mol. The summed E-state index contributed by atoms with van der Waals surface area (Å²) >= 11 is 6.04. The molecule has 1 aromatic rings. The quantitative estimate of drug-likeness (QED) is 0.896. The van der Waals surface area contributed by atoms with Gasteiger partial charge in [-0.15, -0.1) is 0 Å². The van der Waals surface area contributed by atoms with Gasteiger partial charge in [0.2, 0.25) is 5.91 Å². The fraction of sp³-hybridized carbons (Fsp3) is 0.533. The van der Waals surface area contributed by atoms with Crippen molar-refractivity contribution in [1.82, 2.24) is 4.90 Å². The van der Waals surface area contributed by atoms with Crippen LogP contribution >= 0.6 is 11.6 Å². The molecule has 1 saturated heterocycles. The summed E-state index contributed by atoms with van der Waals surface area (Å²) in [4.78, 5) is 14.3. The molecule has 5 heteroatoms. The topological polar surface area (TPSA) is 58.4 Å². The predicted octanol–water partition coefficient (Wildman–Crippen LogP) is 2.34. The van der Waals surface area contributed by atoms with Gasteiger partial charge in [-0.3, -0.25) is 9.69 Å². The number of hydrogen-bond acceptors (Lipinski definition) is 3. The first-order chi connectivity index (χ1) is 9.60. The molecule has 1 heterocycles. The lowest BCUT2D eigenvalue weighted by molar-refractivity contribution is -0.118. The summed E-state index contributed by atoms with van der Waals surface area (Å²) in [6, 6.07) is 7.57. The average molecular weight is 296 g/mol. The minimum atomic E-state index is -0.0360. The second-order valence-electron chi connectivity index (χ2n) is 5.52. The van der Waals surface area contributed by atoms with Crippen LogP contribution in [-0.2, 0) is 4.79 Å². The smallest absolute Gasteiger partial charge is 0.238 e. The van der Waals surface area contributed by atoms with Crippen LogP contribution < -0.4 is 11.1 Å². The van der Waals surface area contributed by atoms with Gasteiger partial charge >= 0.3 is 0 Å². The lowest BCUT2D eigenvalue weighted by atomic mass is 9.92. The van der Waals surface area contributed by atoms with E-state index in [1.165, 1.54) is 0 Å². The van der Waals surface area contributed by atoms with Crippen LogP contribution in [0, 0.1) is 5.92 Å². The third-order valence-corrected chi connectivity index (χ3v) is 4.20. The predicted molar refractivity (Wildman–Crippen MR) is 82.9 cm³/mol. The van der Waals surface area contributed by atoms with Gasteiger partial charge in [0.05, 0.1) is 17.3 Å². The molecule has 2 rings (SSSR count). The van der Waals surface area contributed by atoms with Gasteiger partial charge < -0.3 is 11.1 Å². The highest BCUT2D eigenvalue weighted by Crippen LogP contribution is 2.23. The van der Waals surface area contributed by atoms with Gasteiger partial charge in [0.25, 0.3) is 0 Å². The Hall–Kier alpha value is -1.10. The molecule has 0 aliphatic carbocycles. The largest absolute Gasteiger partial charge is 0.329 e. The van der Waals surface area contributed by atoms with Gasteiger partial charge in [0, 0.05) is 12.6 Å². The summed E-state index contributed by atoms with van der Waals surface area (Å²) in [6.07, 6.45) is 2.19. The lowest BCUT2D eigenvalue weighted by Gasteiger charge is -2.37. The van der Waals surface area contributed by atoms with Crippen LogP contribution in [0.4, 0.5) is 5.69 Å². The number of carbonyl (C=O) groups excluding carboxylic acids is 1. The molecular formula is C15H22ClN3O. The molecule has 4 nitrogen and oxygen atoms in total. The molecule has 110 valence electrons. The van der Waals surface area contributed by atoms with Gasteiger partial charge in [-0.1, -0.05) is 30.7 Å². The summed E-state index contributed by atoms with van der Waals surface area (Å²) in [5.74, 6) is 0.650. The molecule has 1 aliphatic heterocycles. The Morgan fingerprint density at radius 1 is 1.50 bits per heavy atom. The van der Waals surface area contributed by atoms with Crippen molar-refractivity contribution in [2.24, 2.45) is 11.7 Å². The van der Waals surface area contributed by atoms with E-state index in [0.29, 0.717) is 35.8 Å². The van der Waals surface area contributed by atoms with Crippen LogP contribution in [0.2, 0.25) is 5.02 Å². The fourth-order valence-corrected chi connectivity index (χ4v) is 2.87. The van der Waals surface area contributed by atoms with Crippen LogP contribution in [0.1, 0.15) is 19.8 Å². The third-order valence-electron chi connectivity index (χ3n) is 3.87. The van der Waals surface area contributed by atoms with E-state index in [2.05, 4.69) is 17.1 Å². The number of nitrogens with zero attached hydrogens (tertiary/aromatic N) is 1. The van der Waals surface area contributed by atoms with E-state index in [0.717, 1.165) is 19.4 Å². The standard InChI is InChI=1S/C15H22ClN3O/c1-11-6-7-19(12(8-11)9-17)10-15(20)18-14-5-3-2-4-13(14)16/h2-5,11-12H,6-10,17H2,1H3,(H,18,20). The second-order valence-corrected chi connectivity index (χ2v) is 5.92. The molecule has 0 saturated carbocycles. The number of amides is 1. The van der Waals surface area contributed by atoms with E-state index in [-0.39, 0.29) is 5.91 Å². The molecule has 1 aromatic carbocycles. The highest BCUT2D eigenvalue weighted by Gasteiger charge is 2.26. The third kappa shape index (κ3) is 3.95. The van der Waals surface area contributed by atoms with Crippen LogP contribution in [0.15, 0.2) is 24.3 Å². The Labute approximate surface area is 125 Å². The number of benzene rings is 1. The van der Waals surface area contributed by atoms with E-state index in [4.69, 9.17) is 17.3 Å². The molecule has 0 aromatic heterocycles. The number of halogens is 1. The number of nitrogens with one attached hydrogen (secondary N) is 1. The van der Waals surface area contributed by atoms with Crippen molar-refractivity contribution in [3.8, 4) is 0 Å². The molecule has 20 heavy (non-hydrogen) atoms. The molecule has 0 radical (unpaired) electrons. The number of anilines is 1. The maximum absolute atomic E-state index is 12.1. The maximum atomic E-state index is 12.1. The van der Waals surface area contributed by atoms with E-state index in [1.54, 1.807) is 12.1 Å². The number of rotatable bonds is 4. The Balaban J connectivity index is 1.92. The van der Waals surface area contributed by atoms with E-state index >= 15 is 0 Å². The molecule has 1 amide bonds. The van der Waals surface area contributed by atoms with Gasteiger partial charge in [-0.25, -0.2) is 0 Å². The first kappa shape index (κ1) is 15.3. The SMILES string of the molecule is CC1CCN(CC(=O)Nc2ccccc2Cl)C(CN)C1. The molecule has 2 unspecified atom stereocenters. The Bertz CT molecular complexity index is 466.